The van der Waals surface area contributed by atoms with Crippen molar-refractivity contribution >= 4 is 29.9 Å². The Hall–Kier alpha value is -2.85. The fourth-order valence-corrected chi connectivity index (χ4v) is 3.25. The molecule has 0 fully saturated rings. The SMILES string of the molecule is Nc1c(S)ccc2c1C(=O)c1cc(-c3ccccc3)ccc1C2=O. The minimum absolute atomic E-state index is 0.181. The van der Waals surface area contributed by atoms with Gasteiger partial charge in [-0.1, -0.05) is 36.4 Å². The zero-order chi connectivity index (χ0) is 16.8. The van der Waals surface area contributed by atoms with Crippen molar-refractivity contribution in [2.45, 2.75) is 4.90 Å². The van der Waals surface area contributed by atoms with E-state index in [4.69, 9.17) is 5.73 Å². The molecule has 3 aromatic rings. The van der Waals surface area contributed by atoms with E-state index in [1.165, 1.54) is 0 Å². The molecule has 0 aromatic heterocycles. The summed E-state index contributed by atoms with van der Waals surface area (Å²) in [5, 5.41) is 0. The van der Waals surface area contributed by atoms with Crippen molar-refractivity contribution in [2.75, 3.05) is 5.73 Å². The van der Waals surface area contributed by atoms with Crippen molar-refractivity contribution in [3.63, 3.8) is 0 Å². The molecule has 0 radical (unpaired) electrons. The first-order valence-electron chi connectivity index (χ1n) is 7.48. The monoisotopic (exact) mass is 331 g/mol. The van der Waals surface area contributed by atoms with Gasteiger partial charge in [0.2, 0.25) is 0 Å². The zero-order valence-corrected chi connectivity index (χ0v) is 13.5. The number of nitrogen functional groups attached to an aromatic ring is 1. The van der Waals surface area contributed by atoms with E-state index >= 15 is 0 Å². The van der Waals surface area contributed by atoms with Crippen LogP contribution in [0.2, 0.25) is 0 Å². The van der Waals surface area contributed by atoms with E-state index in [9.17, 15) is 9.59 Å². The van der Waals surface area contributed by atoms with Gasteiger partial charge in [0.05, 0.1) is 11.3 Å². The lowest BCUT2D eigenvalue weighted by Gasteiger charge is -2.20. The fourth-order valence-electron chi connectivity index (χ4n) is 3.06. The van der Waals surface area contributed by atoms with Crippen molar-refractivity contribution in [1.82, 2.24) is 0 Å². The number of carbonyl (C=O) groups excluding carboxylic acids is 2. The molecule has 3 aromatic carbocycles. The lowest BCUT2D eigenvalue weighted by molar-refractivity contribution is 0.0979. The molecule has 116 valence electrons. The molecule has 24 heavy (non-hydrogen) atoms. The van der Waals surface area contributed by atoms with Gasteiger partial charge in [-0.25, -0.2) is 0 Å². The maximum Gasteiger partial charge on any atom is 0.196 e. The highest BCUT2D eigenvalue weighted by Crippen LogP contribution is 2.35. The first-order chi connectivity index (χ1) is 11.6. The number of fused-ring (bicyclic) bond motifs is 2. The Morgan fingerprint density at radius 3 is 2.17 bits per heavy atom. The summed E-state index contributed by atoms with van der Waals surface area (Å²) in [6, 6.07) is 18.3. The zero-order valence-electron chi connectivity index (χ0n) is 12.6. The van der Waals surface area contributed by atoms with Crippen LogP contribution >= 0.6 is 12.6 Å². The molecule has 1 aliphatic carbocycles. The third-order valence-corrected chi connectivity index (χ3v) is 4.70. The Morgan fingerprint density at radius 2 is 1.42 bits per heavy atom. The molecule has 0 heterocycles. The minimum atomic E-state index is -0.231. The van der Waals surface area contributed by atoms with E-state index in [1.54, 1.807) is 24.3 Å². The van der Waals surface area contributed by atoms with E-state index in [1.807, 2.05) is 36.4 Å². The summed E-state index contributed by atoms with van der Waals surface area (Å²) < 4.78 is 0. The second kappa shape index (κ2) is 5.35. The first-order valence-corrected chi connectivity index (χ1v) is 7.93. The van der Waals surface area contributed by atoms with Gasteiger partial charge in [-0.3, -0.25) is 9.59 Å². The standard InChI is InChI=1S/C20H13NO2S/c21-18-16(24)9-8-14-17(18)20(23)15-10-12(6-7-13(15)19(14)22)11-4-2-1-3-5-11/h1-10,24H,21H2. The summed E-state index contributed by atoms with van der Waals surface area (Å²) in [6.45, 7) is 0. The number of hydrogen-bond acceptors (Lipinski definition) is 4. The van der Waals surface area contributed by atoms with Crippen LogP contribution in [0.4, 0.5) is 5.69 Å². The maximum absolute atomic E-state index is 12.9. The maximum atomic E-state index is 12.9. The van der Waals surface area contributed by atoms with Crippen LogP contribution in [-0.4, -0.2) is 11.6 Å². The number of anilines is 1. The summed E-state index contributed by atoms with van der Waals surface area (Å²) in [6.07, 6.45) is 0. The Morgan fingerprint density at radius 1 is 0.708 bits per heavy atom. The molecule has 0 saturated carbocycles. The highest BCUT2D eigenvalue weighted by atomic mass is 32.1. The summed E-state index contributed by atoms with van der Waals surface area (Å²) in [4.78, 5) is 26.2. The van der Waals surface area contributed by atoms with Crippen LogP contribution in [0, 0.1) is 0 Å². The van der Waals surface area contributed by atoms with Crippen LogP contribution in [-0.2, 0) is 0 Å². The Labute approximate surface area is 144 Å². The van der Waals surface area contributed by atoms with Crippen molar-refractivity contribution in [2.24, 2.45) is 0 Å². The quantitative estimate of drug-likeness (QED) is 0.409. The van der Waals surface area contributed by atoms with E-state index in [-0.39, 0.29) is 22.8 Å². The first kappa shape index (κ1) is 14.7. The lowest BCUT2D eigenvalue weighted by atomic mass is 9.82. The molecule has 4 heteroatoms. The number of rotatable bonds is 1. The van der Waals surface area contributed by atoms with Crippen LogP contribution in [0.3, 0.4) is 0 Å². The molecular formula is C20H13NO2S. The highest BCUT2D eigenvalue weighted by molar-refractivity contribution is 7.80. The Bertz CT molecular complexity index is 1010. The van der Waals surface area contributed by atoms with Crippen LogP contribution in [0.25, 0.3) is 11.1 Å². The molecule has 0 amide bonds. The van der Waals surface area contributed by atoms with Gasteiger partial charge in [-0.15, -0.1) is 12.6 Å². The number of nitrogens with two attached hydrogens (primary N) is 1. The van der Waals surface area contributed by atoms with E-state index in [2.05, 4.69) is 12.6 Å². The van der Waals surface area contributed by atoms with Crippen molar-refractivity contribution < 1.29 is 9.59 Å². The summed E-state index contributed by atoms with van der Waals surface area (Å²) in [5.74, 6) is -0.412. The molecule has 4 rings (SSSR count). The molecule has 2 N–H and O–H groups in total. The third-order valence-electron chi connectivity index (χ3n) is 4.31. The van der Waals surface area contributed by atoms with Gasteiger partial charge in [0, 0.05) is 21.6 Å². The average Bonchev–Trinajstić information content (AvgIpc) is 2.62. The summed E-state index contributed by atoms with van der Waals surface area (Å²) in [7, 11) is 0. The van der Waals surface area contributed by atoms with Crippen LogP contribution in [0.5, 0.6) is 0 Å². The van der Waals surface area contributed by atoms with Crippen LogP contribution in [0.15, 0.2) is 65.6 Å². The minimum Gasteiger partial charge on any atom is -0.397 e. The van der Waals surface area contributed by atoms with E-state index in [0.29, 0.717) is 21.6 Å². The van der Waals surface area contributed by atoms with Gasteiger partial charge in [-0.2, -0.15) is 0 Å². The lowest BCUT2D eigenvalue weighted by Crippen LogP contribution is -2.22. The van der Waals surface area contributed by atoms with E-state index < -0.39 is 0 Å². The van der Waals surface area contributed by atoms with Gasteiger partial charge in [0.1, 0.15) is 0 Å². The second-order valence-electron chi connectivity index (χ2n) is 5.71. The largest absolute Gasteiger partial charge is 0.397 e. The van der Waals surface area contributed by atoms with Gasteiger partial charge < -0.3 is 5.73 Å². The van der Waals surface area contributed by atoms with Crippen molar-refractivity contribution in [1.29, 1.82) is 0 Å². The number of ketones is 2. The smallest absolute Gasteiger partial charge is 0.196 e. The van der Waals surface area contributed by atoms with Gasteiger partial charge in [0.25, 0.3) is 0 Å². The van der Waals surface area contributed by atoms with Gasteiger partial charge >= 0.3 is 0 Å². The number of benzene rings is 3. The van der Waals surface area contributed by atoms with Crippen molar-refractivity contribution in [3.8, 4) is 11.1 Å². The molecule has 0 saturated heterocycles. The fraction of sp³-hybridized carbons (Fsp3) is 0. The molecule has 3 nitrogen and oxygen atoms in total. The number of carbonyl (C=O) groups is 2. The number of thiol groups is 1. The second-order valence-corrected chi connectivity index (χ2v) is 6.19. The number of hydrogen-bond donors (Lipinski definition) is 2. The predicted octanol–water partition coefficient (Wildman–Crippen LogP) is 4.00. The normalized spacial score (nSPS) is 12.7. The Kier molecular flexibility index (Phi) is 3.28. The molecular weight excluding hydrogens is 318 g/mol. The van der Waals surface area contributed by atoms with E-state index in [0.717, 1.165) is 11.1 Å². The third kappa shape index (κ3) is 2.07. The van der Waals surface area contributed by atoms with Crippen LogP contribution < -0.4 is 5.73 Å². The predicted molar refractivity (Wildman–Crippen MR) is 96.8 cm³/mol. The van der Waals surface area contributed by atoms with Crippen molar-refractivity contribution in [3.05, 3.63) is 82.9 Å². The van der Waals surface area contributed by atoms with Crippen LogP contribution in [0.1, 0.15) is 31.8 Å². The van der Waals surface area contributed by atoms with Gasteiger partial charge in [0.15, 0.2) is 11.6 Å². The molecule has 0 spiro atoms. The summed E-state index contributed by atoms with van der Waals surface area (Å²) in [5.41, 5.74) is 9.55. The molecule has 0 bridgehead atoms. The van der Waals surface area contributed by atoms with Gasteiger partial charge in [-0.05, 0) is 35.4 Å². The average molecular weight is 331 g/mol. The molecule has 0 unspecified atom stereocenters. The topological polar surface area (TPSA) is 60.2 Å². The highest BCUT2D eigenvalue weighted by Gasteiger charge is 2.32. The summed E-state index contributed by atoms with van der Waals surface area (Å²) >= 11 is 4.26. The Balaban J connectivity index is 1.94. The molecule has 1 aliphatic rings. The molecule has 0 atom stereocenters. The molecule has 0 aliphatic heterocycles.